The molecule has 18 heavy (non-hydrogen) atoms. The fourth-order valence-corrected chi connectivity index (χ4v) is 2.04. The van der Waals surface area contributed by atoms with Crippen LogP contribution < -0.4 is 0 Å². The molecule has 2 rings (SSSR count). The Kier molecular flexibility index (Phi) is 3.07. The van der Waals surface area contributed by atoms with Gasteiger partial charge in [-0.3, -0.25) is 4.79 Å². The highest BCUT2D eigenvalue weighted by molar-refractivity contribution is 5.75. The van der Waals surface area contributed by atoms with Gasteiger partial charge in [-0.1, -0.05) is 13.8 Å². The molecule has 0 fully saturated rings. The van der Waals surface area contributed by atoms with E-state index in [-0.39, 0.29) is 12.2 Å². The van der Waals surface area contributed by atoms with Crippen LogP contribution in [0.15, 0.2) is 18.2 Å². The number of carboxylic acid groups (broad SMARTS) is 1. The fraction of sp³-hybridized carbons (Fsp3) is 0.385. The number of H-pyrrole nitrogens is 1. The molecule has 0 aliphatic heterocycles. The lowest BCUT2D eigenvalue weighted by atomic mass is 9.85. The quantitative estimate of drug-likeness (QED) is 0.876. The maximum Gasteiger partial charge on any atom is 0.303 e. The van der Waals surface area contributed by atoms with E-state index in [0.717, 1.165) is 0 Å². The van der Waals surface area contributed by atoms with Crippen molar-refractivity contribution in [1.29, 1.82) is 0 Å². The molecule has 1 aromatic heterocycles. The lowest BCUT2D eigenvalue weighted by Crippen LogP contribution is -2.20. The summed E-state index contributed by atoms with van der Waals surface area (Å²) in [6, 6.07) is 4.35. The van der Waals surface area contributed by atoms with Crippen LogP contribution in [0.2, 0.25) is 0 Å². The summed E-state index contributed by atoms with van der Waals surface area (Å²) in [5, 5.41) is 8.82. The van der Waals surface area contributed by atoms with Gasteiger partial charge in [-0.15, -0.1) is 0 Å². The molecule has 0 spiro atoms. The van der Waals surface area contributed by atoms with Crippen molar-refractivity contribution in [3.05, 3.63) is 29.8 Å². The molecule has 2 N–H and O–H groups in total. The minimum atomic E-state index is -0.831. The SMILES string of the molecule is CC(C)(CC(=O)O)Cc1nc2ccc(F)cc2[nH]1. The van der Waals surface area contributed by atoms with Gasteiger partial charge in [0.15, 0.2) is 0 Å². The highest BCUT2D eigenvalue weighted by Gasteiger charge is 2.23. The Balaban J connectivity index is 2.24. The average Bonchev–Trinajstić information content (AvgIpc) is 2.55. The molecule has 5 heteroatoms. The number of hydrogen-bond acceptors (Lipinski definition) is 2. The van der Waals surface area contributed by atoms with Crippen molar-refractivity contribution in [2.24, 2.45) is 5.41 Å². The Labute approximate surface area is 104 Å². The Morgan fingerprint density at radius 1 is 1.50 bits per heavy atom. The zero-order valence-electron chi connectivity index (χ0n) is 10.3. The van der Waals surface area contributed by atoms with E-state index in [2.05, 4.69) is 9.97 Å². The van der Waals surface area contributed by atoms with Crippen LogP contribution in [0.4, 0.5) is 4.39 Å². The van der Waals surface area contributed by atoms with E-state index < -0.39 is 11.4 Å². The van der Waals surface area contributed by atoms with Crippen molar-refractivity contribution >= 4 is 17.0 Å². The molecule has 0 unspecified atom stereocenters. The lowest BCUT2D eigenvalue weighted by Gasteiger charge is -2.20. The van der Waals surface area contributed by atoms with Gasteiger partial charge >= 0.3 is 5.97 Å². The van der Waals surface area contributed by atoms with E-state index in [4.69, 9.17) is 5.11 Å². The van der Waals surface area contributed by atoms with E-state index >= 15 is 0 Å². The molecular formula is C13H15FN2O2. The Bertz CT molecular complexity index is 590. The van der Waals surface area contributed by atoms with E-state index in [1.807, 2.05) is 13.8 Å². The van der Waals surface area contributed by atoms with Crippen molar-refractivity contribution in [2.45, 2.75) is 26.7 Å². The zero-order valence-corrected chi connectivity index (χ0v) is 10.3. The number of halogens is 1. The monoisotopic (exact) mass is 250 g/mol. The van der Waals surface area contributed by atoms with Gasteiger partial charge in [0.05, 0.1) is 17.5 Å². The number of nitrogens with one attached hydrogen (secondary N) is 1. The molecule has 96 valence electrons. The number of imidazole rings is 1. The van der Waals surface area contributed by atoms with Crippen molar-refractivity contribution in [1.82, 2.24) is 9.97 Å². The molecule has 0 atom stereocenters. The number of carboxylic acids is 1. The normalized spacial score (nSPS) is 11.9. The number of nitrogens with zero attached hydrogens (tertiary/aromatic N) is 1. The minimum absolute atomic E-state index is 0.0679. The third-order valence-electron chi connectivity index (χ3n) is 2.77. The topological polar surface area (TPSA) is 66.0 Å². The van der Waals surface area contributed by atoms with Crippen molar-refractivity contribution in [2.75, 3.05) is 0 Å². The highest BCUT2D eigenvalue weighted by atomic mass is 19.1. The maximum absolute atomic E-state index is 13.0. The zero-order chi connectivity index (χ0) is 13.3. The van der Waals surface area contributed by atoms with E-state index in [0.29, 0.717) is 23.3 Å². The summed E-state index contributed by atoms with van der Waals surface area (Å²) in [5.74, 6) is -0.466. The number of benzene rings is 1. The minimum Gasteiger partial charge on any atom is -0.481 e. The number of carbonyl (C=O) groups is 1. The largest absolute Gasteiger partial charge is 0.481 e. The average molecular weight is 250 g/mol. The summed E-state index contributed by atoms with van der Waals surface area (Å²) in [6.45, 7) is 3.74. The second kappa shape index (κ2) is 4.40. The molecule has 0 radical (unpaired) electrons. The summed E-state index contributed by atoms with van der Waals surface area (Å²) in [5.41, 5.74) is 0.937. The molecule has 1 heterocycles. The predicted octanol–water partition coefficient (Wildman–Crippen LogP) is 2.75. The first-order valence-electron chi connectivity index (χ1n) is 5.72. The van der Waals surface area contributed by atoms with Crippen LogP contribution in [0.5, 0.6) is 0 Å². The van der Waals surface area contributed by atoms with Gasteiger partial charge in [0, 0.05) is 6.42 Å². The predicted molar refractivity (Wildman–Crippen MR) is 65.8 cm³/mol. The highest BCUT2D eigenvalue weighted by Crippen LogP contribution is 2.26. The molecule has 0 saturated carbocycles. The second-order valence-electron chi connectivity index (χ2n) is 5.26. The lowest BCUT2D eigenvalue weighted by molar-refractivity contribution is -0.139. The Morgan fingerprint density at radius 3 is 2.89 bits per heavy atom. The van der Waals surface area contributed by atoms with Gasteiger partial charge in [0.2, 0.25) is 0 Å². The number of hydrogen-bond donors (Lipinski definition) is 2. The molecule has 2 aromatic rings. The van der Waals surface area contributed by atoms with Crippen LogP contribution >= 0.6 is 0 Å². The van der Waals surface area contributed by atoms with E-state index in [9.17, 15) is 9.18 Å². The van der Waals surface area contributed by atoms with Gasteiger partial charge in [0.1, 0.15) is 11.6 Å². The van der Waals surface area contributed by atoms with Crippen LogP contribution in [0, 0.1) is 11.2 Å². The van der Waals surface area contributed by atoms with Crippen molar-refractivity contribution < 1.29 is 14.3 Å². The molecule has 0 aliphatic rings. The molecule has 0 aliphatic carbocycles. The van der Waals surface area contributed by atoms with Gasteiger partial charge in [-0.05, 0) is 23.6 Å². The number of aromatic amines is 1. The van der Waals surface area contributed by atoms with Gasteiger partial charge in [0.25, 0.3) is 0 Å². The molecule has 0 bridgehead atoms. The first-order valence-corrected chi connectivity index (χ1v) is 5.72. The molecule has 0 saturated heterocycles. The molecule has 1 aromatic carbocycles. The van der Waals surface area contributed by atoms with Crippen LogP contribution in [-0.2, 0) is 11.2 Å². The Hall–Kier alpha value is -1.91. The van der Waals surface area contributed by atoms with Crippen molar-refractivity contribution in [3.63, 3.8) is 0 Å². The summed E-state index contributed by atoms with van der Waals surface area (Å²) < 4.78 is 13.0. The van der Waals surface area contributed by atoms with Gasteiger partial charge in [-0.2, -0.15) is 0 Å². The Morgan fingerprint density at radius 2 is 2.22 bits per heavy atom. The smallest absolute Gasteiger partial charge is 0.303 e. The summed E-state index contributed by atoms with van der Waals surface area (Å²) in [7, 11) is 0. The summed E-state index contributed by atoms with van der Waals surface area (Å²) in [4.78, 5) is 18.1. The molecular weight excluding hydrogens is 235 g/mol. The fourth-order valence-electron chi connectivity index (χ4n) is 2.04. The van der Waals surface area contributed by atoms with Gasteiger partial charge < -0.3 is 10.1 Å². The third kappa shape index (κ3) is 2.85. The second-order valence-corrected chi connectivity index (χ2v) is 5.26. The number of rotatable bonds is 4. The van der Waals surface area contributed by atoms with Crippen LogP contribution in [0.1, 0.15) is 26.1 Å². The van der Waals surface area contributed by atoms with Gasteiger partial charge in [-0.25, -0.2) is 9.37 Å². The first kappa shape index (κ1) is 12.5. The maximum atomic E-state index is 13.0. The van der Waals surface area contributed by atoms with E-state index in [1.165, 1.54) is 12.1 Å². The van der Waals surface area contributed by atoms with Crippen LogP contribution in [0.3, 0.4) is 0 Å². The van der Waals surface area contributed by atoms with E-state index in [1.54, 1.807) is 6.07 Å². The van der Waals surface area contributed by atoms with Crippen LogP contribution in [0.25, 0.3) is 11.0 Å². The third-order valence-corrected chi connectivity index (χ3v) is 2.77. The summed E-state index contributed by atoms with van der Waals surface area (Å²) in [6.07, 6.45) is 0.577. The van der Waals surface area contributed by atoms with Crippen LogP contribution in [-0.4, -0.2) is 21.0 Å². The van der Waals surface area contributed by atoms with Crippen molar-refractivity contribution in [3.8, 4) is 0 Å². The number of fused-ring (bicyclic) bond motifs is 1. The molecule has 0 amide bonds. The summed E-state index contributed by atoms with van der Waals surface area (Å²) >= 11 is 0. The number of aromatic nitrogens is 2. The standard InChI is InChI=1S/C13H15FN2O2/c1-13(2,7-12(17)18)6-11-15-9-4-3-8(14)5-10(9)16-11/h3-5H,6-7H2,1-2H3,(H,15,16)(H,17,18). The molecule has 4 nitrogen and oxygen atoms in total. The number of aliphatic carboxylic acids is 1. The first-order chi connectivity index (χ1) is 8.35.